The first-order valence-electron chi connectivity index (χ1n) is 5.80. The van der Waals surface area contributed by atoms with Gasteiger partial charge in [-0.2, -0.15) is 0 Å². The van der Waals surface area contributed by atoms with Crippen LogP contribution in [0.2, 0.25) is 0 Å². The highest BCUT2D eigenvalue weighted by molar-refractivity contribution is 6.17. The summed E-state index contributed by atoms with van der Waals surface area (Å²) in [6, 6.07) is 8.59. The van der Waals surface area contributed by atoms with Crippen molar-refractivity contribution in [1.29, 1.82) is 0 Å². The van der Waals surface area contributed by atoms with Crippen LogP contribution in [-0.2, 0) is 18.7 Å². The molecule has 86 valence electrons. The number of halogens is 1. The largest absolute Gasteiger partial charge is 0.241 e. The zero-order valence-corrected chi connectivity index (χ0v) is 10.2. The molecule has 0 atom stereocenters. The van der Waals surface area contributed by atoms with Gasteiger partial charge in [0, 0.05) is 23.9 Å². The molecule has 0 aliphatic heterocycles. The second-order valence-electron chi connectivity index (χ2n) is 4.46. The molecule has 0 radical (unpaired) electrons. The highest BCUT2D eigenvalue weighted by atomic mass is 35.5. The number of aromatic nitrogens is 2. The van der Waals surface area contributed by atoms with E-state index < -0.39 is 0 Å². The van der Waals surface area contributed by atoms with Gasteiger partial charge in [-0.15, -0.1) is 11.6 Å². The number of fused-ring (bicyclic) bond motifs is 1. The number of hydrogen-bond donors (Lipinski definition) is 0. The van der Waals surface area contributed by atoms with Gasteiger partial charge in [0.1, 0.15) is 5.82 Å². The third kappa shape index (κ3) is 2.05. The van der Waals surface area contributed by atoms with Crippen LogP contribution in [0.5, 0.6) is 0 Å². The van der Waals surface area contributed by atoms with Crippen molar-refractivity contribution in [1.82, 2.24) is 9.97 Å². The van der Waals surface area contributed by atoms with Crippen LogP contribution in [0.15, 0.2) is 36.7 Å². The van der Waals surface area contributed by atoms with Crippen molar-refractivity contribution in [2.75, 3.05) is 0 Å². The summed E-state index contributed by atoms with van der Waals surface area (Å²) in [4.78, 5) is 8.84. The monoisotopic (exact) mass is 244 g/mol. The van der Waals surface area contributed by atoms with Gasteiger partial charge in [-0.05, 0) is 24.0 Å². The molecule has 0 saturated heterocycles. The predicted molar refractivity (Wildman–Crippen MR) is 68.2 cm³/mol. The minimum atomic E-state index is 0.428. The molecular weight excluding hydrogens is 232 g/mol. The first-order chi connectivity index (χ1) is 8.36. The fourth-order valence-corrected chi connectivity index (χ4v) is 2.52. The van der Waals surface area contributed by atoms with E-state index in [1.165, 1.54) is 11.1 Å². The van der Waals surface area contributed by atoms with Gasteiger partial charge in [0.2, 0.25) is 0 Å². The van der Waals surface area contributed by atoms with Gasteiger partial charge in [-0.25, -0.2) is 9.97 Å². The van der Waals surface area contributed by atoms with Gasteiger partial charge < -0.3 is 0 Å². The van der Waals surface area contributed by atoms with Gasteiger partial charge in [0.15, 0.2) is 0 Å². The van der Waals surface area contributed by atoms with Crippen LogP contribution in [0.1, 0.15) is 28.4 Å². The highest BCUT2D eigenvalue weighted by Crippen LogP contribution is 2.31. The lowest BCUT2D eigenvalue weighted by Crippen LogP contribution is -2.04. The highest BCUT2D eigenvalue weighted by Gasteiger charge is 2.24. The Bertz CT molecular complexity index is 497. The third-order valence-corrected chi connectivity index (χ3v) is 3.60. The lowest BCUT2D eigenvalue weighted by Gasteiger charge is -2.07. The summed E-state index contributed by atoms with van der Waals surface area (Å²) in [5.74, 6) is 1.84. The zero-order valence-electron chi connectivity index (χ0n) is 9.44. The molecule has 1 aliphatic carbocycles. The van der Waals surface area contributed by atoms with E-state index in [0.717, 1.165) is 24.2 Å². The Balaban J connectivity index is 1.83. The Labute approximate surface area is 106 Å². The molecule has 0 bridgehead atoms. The van der Waals surface area contributed by atoms with E-state index >= 15 is 0 Å². The maximum Gasteiger partial charge on any atom is 0.131 e. The molecule has 0 N–H and O–H groups in total. The molecule has 3 heteroatoms. The van der Waals surface area contributed by atoms with E-state index in [2.05, 4.69) is 34.2 Å². The van der Waals surface area contributed by atoms with E-state index in [-0.39, 0.29) is 0 Å². The van der Waals surface area contributed by atoms with Gasteiger partial charge in [-0.1, -0.05) is 24.3 Å². The van der Waals surface area contributed by atoms with Crippen molar-refractivity contribution >= 4 is 11.6 Å². The minimum absolute atomic E-state index is 0.428. The molecule has 17 heavy (non-hydrogen) atoms. The first kappa shape index (κ1) is 10.7. The normalized spacial score (nSPS) is 14.9. The van der Waals surface area contributed by atoms with Gasteiger partial charge in [0.25, 0.3) is 0 Å². The van der Waals surface area contributed by atoms with Crippen LogP contribution in [0, 0.1) is 0 Å². The standard InChI is InChI=1S/C14H13ClN2/c15-7-10-8-16-14(17-9-10)13-5-11-3-1-2-4-12(11)6-13/h1-4,8-9,13H,5-7H2. The Morgan fingerprint density at radius 3 is 2.18 bits per heavy atom. The summed E-state index contributed by atoms with van der Waals surface area (Å²) in [5, 5.41) is 0. The fourth-order valence-electron chi connectivity index (χ4n) is 2.39. The van der Waals surface area contributed by atoms with Crippen LogP contribution >= 0.6 is 11.6 Å². The molecule has 1 heterocycles. The predicted octanol–water partition coefficient (Wildman–Crippen LogP) is 3.10. The van der Waals surface area contributed by atoms with Crippen LogP contribution in [0.25, 0.3) is 0 Å². The molecule has 1 aromatic carbocycles. The van der Waals surface area contributed by atoms with E-state index in [4.69, 9.17) is 11.6 Å². The number of nitrogens with zero attached hydrogens (tertiary/aromatic N) is 2. The second kappa shape index (κ2) is 4.46. The Kier molecular flexibility index (Phi) is 2.81. The first-order valence-corrected chi connectivity index (χ1v) is 6.34. The van der Waals surface area contributed by atoms with Crippen molar-refractivity contribution in [2.45, 2.75) is 24.6 Å². The minimum Gasteiger partial charge on any atom is -0.241 e. The summed E-state index contributed by atoms with van der Waals surface area (Å²) >= 11 is 5.73. The molecule has 0 fully saturated rings. The lowest BCUT2D eigenvalue weighted by atomic mass is 10.1. The molecule has 2 nitrogen and oxygen atoms in total. The molecule has 0 amide bonds. The average Bonchev–Trinajstić information content (AvgIpc) is 2.82. The van der Waals surface area contributed by atoms with Crippen LogP contribution in [-0.4, -0.2) is 9.97 Å². The molecule has 2 aromatic rings. The summed E-state index contributed by atoms with van der Waals surface area (Å²) in [6.45, 7) is 0. The summed E-state index contributed by atoms with van der Waals surface area (Å²) in [7, 11) is 0. The average molecular weight is 245 g/mol. The van der Waals surface area contributed by atoms with Gasteiger partial charge in [0.05, 0.1) is 5.88 Å². The maximum atomic E-state index is 5.73. The number of benzene rings is 1. The molecule has 0 saturated carbocycles. The number of alkyl halides is 1. The summed E-state index contributed by atoms with van der Waals surface area (Å²) in [5.41, 5.74) is 3.84. The second-order valence-corrected chi connectivity index (χ2v) is 4.72. The lowest BCUT2D eigenvalue weighted by molar-refractivity contribution is 0.680. The number of hydrogen-bond acceptors (Lipinski definition) is 2. The van der Waals surface area contributed by atoms with E-state index in [9.17, 15) is 0 Å². The molecular formula is C14H13ClN2. The Morgan fingerprint density at radius 2 is 1.65 bits per heavy atom. The Hall–Kier alpha value is -1.41. The van der Waals surface area contributed by atoms with Crippen molar-refractivity contribution in [3.05, 3.63) is 59.2 Å². The smallest absolute Gasteiger partial charge is 0.131 e. The quantitative estimate of drug-likeness (QED) is 0.759. The van der Waals surface area contributed by atoms with Gasteiger partial charge >= 0.3 is 0 Å². The third-order valence-electron chi connectivity index (χ3n) is 3.30. The summed E-state index contributed by atoms with van der Waals surface area (Å²) < 4.78 is 0. The van der Waals surface area contributed by atoms with Crippen molar-refractivity contribution < 1.29 is 0 Å². The number of rotatable bonds is 2. The van der Waals surface area contributed by atoms with Crippen LogP contribution in [0.4, 0.5) is 0 Å². The zero-order chi connectivity index (χ0) is 11.7. The Morgan fingerprint density at radius 1 is 1.06 bits per heavy atom. The maximum absolute atomic E-state index is 5.73. The van der Waals surface area contributed by atoms with E-state index in [0.29, 0.717) is 11.8 Å². The van der Waals surface area contributed by atoms with Crippen molar-refractivity contribution in [2.24, 2.45) is 0 Å². The SMILES string of the molecule is ClCc1cnc(C2Cc3ccccc3C2)nc1. The molecule has 1 aliphatic rings. The van der Waals surface area contributed by atoms with E-state index in [1.54, 1.807) is 0 Å². The van der Waals surface area contributed by atoms with E-state index in [1.807, 2.05) is 12.4 Å². The molecule has 0 unspecified atom stereocenters. The van der Waals surface area contributed by atoms with Crippen LogP contribution < -0.4 is 0 Å². The van der Waals surface area contributed by atoms with Gasteiger partial charge in [-0.3, -0.25) is 0 Å². The topological polar surface area (TPSA) is 25.8 Å². The fraction of sp³-hybridized carbons (Fsp3) is 0.286. The summed E-state index contributed by atoms with van der Waals surface area (Å²) in [6.07, 6.45) is 5.77. The molecule has 1 aromatic heterocycles. The van der Waals surface area contributed by atoms with Crippen molar-refractivity contribution in [3.8, 4) is 0 Å². The van der Waals surface area contributed by atoms with Crippen molar-refractivity contribution in [3.63, 3.8) is 0 Å². The van der Waals surface area contributed by atoms with Crippen LogP contribution in [0.3, 0.4) is 0 Å². The molecule has 3 rings (SSSR count). The molecule has 0 spiro atoms.